The molecule has 0 aromatic rings. The molecular formula is C10H18N4O2. The van der Waals surface area contributed by atoms with Gasteiger partial charge < -0.3 is 10.1 Å². The van der Waals surface area contributed by atoms with Crippen molar-refractivity contribution in [2.24, 2.45) is 11.0 Å². The number of nitrogens with zero attached hydrogens (tertiary/aromatic N) is 3. The van der Waals surface area contributed by atoms with Crippen molar-refractivity contribution in [1.29, 1.82) is 0 Å². The minimum Gasteiger partial charge on any atom is -0.444 e. The SMILES string of the molecule is CC(C)(C)OC(=O)N[C@@H]1CCC1CN=[N+]=[N-]. The first-order chi connectivity index (χ1) is 7.42. The van der Waals surface area contributed by atoms with E-state index in [1.165, 1.54) is 0 Å². The molecule has 16 heavy (non-hydrogen) atoms. The maximum absolute atomic E-state index is 11.4. The van der Waals surface area contributed by atoms with E-state index in [4.69, 9.17) is 10.3 Å². The fourth-order valence-corrected chi connectivity index (χ4v) is 1.58. The summed E-state index contributed by atoms with van der Waals surface area (Å²) in [4.78, 5) is 14.2. The van der Waals surface area contributed by atoms with Crippen LogP contribution in [0.4, 0.5) is 4.79 Å². The number of hydrogen-bond acceptors (Lipinski definition) is 3. The minimum absolute atomic E-state index is 0.0837. The second-order valence-electron chi connectivity index (χ2n) is 5.00. The molecule has 6 heteroatoms. The Morgan fingerprint density at radius 1 is 1.56 bits per heavy atom. The van der Waals surface area contributed by atoms with Crippen LogP contribution < -0.4 is 5.32 Å². The molecule has 1 aliphatic carbocycles. The molecule has 1 amide bonds. The molecule has 90 valence electrons. The first kappa shape index (κ1) is 12.6. The summed E-state index contributed by atoms with van der Waals surface area (Å²) in [6.07, 6.45) is 1.51. The van der Waals surface area contributed by atoms with Crippen LogP contribution in [-0.2, 0) is 4.74 Å². The van der Waals surface area contributed by atoms with Crippen LogP contribution in [0.25, 0.3) is 10.4 Å². The van der Waals surface area contributed by atoms with Crippen LogP contribution in [0.15, 0.2) is 5.11 Å². The number of alkyl carbamates (subject to hydrolysis) is 1. The average molecular weight is 226 g/mol. The standard InChI is InChI=1S/C10H18N4O2/c1-10(2,3)16-9(15)13-8-5-4-7(8)6-12-14-11/h7-8H,4-6H2,1-3H3,(H,13,15)/t7?,8-/m1/s1. The van der Waals surface area contributed by atoms with E-state index >= 15 is 0 Å². The molecule has 0 radical (unpaired) electrons. The number of rotatable bonds is 3. The molecule has 0 spiro atoms. The number of carbonyl (C=O) groups excluding carboxylic acids is 1. The molecule has 1 unspecified atom stereocenters. The van der Waals surface area contributed by atoms with Crippen LogP contribution in [-0.4, -0.2) is 24.3 Å². The van der Waals surface area contributed by atoms with E-state index in [0.29, 0.717) is 6.54 Å². The van der Waals surface area contributed by atoms with Crippen molar-refractivity contribution in [3.05, 3.63) is 10.4 Å². The van der Waals surface area contributed by atoms with Gasteiger partial charge in [-0.2, -0.15) is 0 Å². The van der Waals surface area contributed by atoms with Crippen molar-refractivity contribution in [2.75, 3.05) is 6.54 Å². The van der Waals surface area contributed by atoms with Gasteiger partial charge in [-0.1, -0.05) is 5.11 Å². The number of azide groups is 1. The quantitative estimate of drug-likeness (QED) is 0.455. The Balaban J connectivity index is 2.32. The summed E-state index contributed by atoms with van der Waals surface area (Å²) in [7, 11) is 0. The highest BCUT2D eigenvalue weighted by Crippen LogP contribution is 2.28. The van der Waals surface area contributed by atoms with Crippen LogP contribution >= 0.6 is 0 Å². The highest BCUT2D eigenvalue weighted by molar-refractivity contribution is 5.68. The summed E-state index contributed by atoms with van der Waals surface area (Å²) in [6.45, 7) is 5.91. The van der Waals surface area contributed by atoms with Gasteiger partial charge in [0, 0.05) is 17.5 Å². The fourth-order valence-electron chi connectivity index (χ4n) is 1.58. The van der Waals surface area contributed by atoms with Gasteiger partial charge in [0.1, 0.15) is 5.60 Å². The largest absolute Gasteiger partial charge is 0.444 e. The molecule has 1 fully saturated rings. The van der Waals surface area contributed by atoms with Crippen LogP contribution in [0.5, 0.6) is 0 Å². The highest BCUT2D eigenvalue weighted by Gasteiger charge is 2.32. The van der Waals surface area contributed by atoms with Gasteiger partial charge in [0.05, 0.1) is 0 Å². The first-order valence-electron chi connectivity index (χ1n) is 5.43. The topological polar surface area (TPSA) is 87.1 Å². The van der Waals surface area contributed by atoms with E-state index in [9.17, 15) is 4.79 Å². The third-order valence-corrected chi connectivity index (χ3v) is 2.50. The Hall–Kier alpha value is -1.42. The maximum atomic E-state index is 11.4. The lowest BCUT2D eigenvalue weighted by Gasteiger charge is -2.36. The Morgan fingerprint density at radius 3 is 2.69 bits per heavy atom. The van der Waals surface area contributed by atoms with Crippen molar-refractivity contribution in [2.45, 2.75) is 45.3 Å². The molecule has 6 nitrogen and oxygen atoms in total. The Bertz CT molecular complexity index is 304. The smallest absolute Gasteiger partial charge is 0.407 e. The number of amides is 1. The number of hydrogen-bond donors (Lipinski definition) is 1. The zero-order valence-electron chi connectivity index (χ0n) is 9.93. The molecule has 1 aliphatic rings. The van der Waals surface area contributed by atoms with Gasteiger partial charge in [0.25, 0.3) is 0 Å². The third-order valence-electron chi connectivity index (χ3n) is 2.50. The van der Waals surface area contributed by atoms with Crippen molar-refractivity contribution in [1.82, 2.24) is 5.32 Å². The summed E-state index contributed by atoms with van der Waals surface area (Å²) in [5, 5.41) is 6.30. The first-order valence-corrected chi connectivity index (χ1v) is 5.43. The molecule has 0 aliphatic heterocycles. The lowest BCUT2D eigenvalue weighted by molar-refractivity contribution is 0.0441. The number of carbonyl (C=O) groups is 1. The zero-order chi connectivity index (χ0) is 12.2. The summed E-state index contributed by atoms with van der Waals surface area (Å²) >= 11 is 0. The van der Waals surface area contributed by atoms with E-state index in [-0.39, 0.29) is 12.0 Å². The molecule has 2 atom stereocenters. The lowest BCUT2D eigenvalue weighted by atomic mass is 9.80. The lowest BCUT2D eigenvalue weighted by Crippen LogP contribution is -2.49. The predicted molar refractivity (Wildman–Crippen MR) is 59.9 cm³/mol. The molecular weight excluding hydrogens is 208 g/mol. The van der Waals surface area contributed by atoms with Gasteiger partial charge >= 0.3 is 6.09 Å². The number of nitrogens with one attached hydrogen (secondary N) is 1. The number of ether oxygens (including phenoxy) is 1. The normalized spacial score (nSPS) is 23.9. The van der Waals surface area contributed by atoms with Gasteiger partial charge in [0.2, 0.25) is 0 Å². The van der Waals surface area contributed by atoms with E-state index < -0.39 is 11.7 Å². The van der Waals surface area contributed by atoms with Crippen molar-refractivity contribution in [3.8, 4) is 0 Å². The van der Waals surface area contributed by atoms with Crippen LogP contribution in [0.2, 0.25) is 0 Å². The van der Waals surface area contributed by atoms with Gasteiger partial charge in [-0.15, -0.1) is 0 Å². The predicted octanol–water partition coefficient (Wildman–Crippen LogP) is 2.60. The molecule has 1 N–H and O–H groups in total. The zero-order valence-corrected chi connectivity index (χ0v) is 9.93. The van der Waals surface area contributed by atoms with Crippen LogP contribution in [0, 0.1) is 5.92 Å². The fraction of sp³-hybridized carbons (Fsp3) is 0.900. The van der Waals surface area contributed by atoms with Crippen LogP contribution in [0.3, 0.4) is 0 Å². The highest BCUT2D eigenvalue weighted by atomic mass is 16.6. The molecule has 0 bridgehead atoms. The third kappa shape index (κ3) is 3.98. The van der Waals surface area contributed by atoms with Crippen LogP contribution in [0.1, 0.15) is 33.6 Å². The van der Waals surface area contributed by atoms with Crippen molar-refractivity contribution >= 4 is 6.09 Å². The molecule has 0 heterocycles. The van der Waals surface area contributed by atoms with Gasteiger partial charge in [-0.3, -0.25) is 0 Å². The van der Waals surface area contributed by atoms with E-state index in [1.807, 2.05) is 20.8 Å². The summed E-state index contributed by atoms with van der Waals surface area (Å²) in [5.74, 6) is 0.253. The summed E-state index contributed by atoms with van der Waals surface area (Å²) in [6, 6.07) is 0.0837. The molecule has 1 saturated carbocycles. The second-order valence-corrected chi connectivity index (χ2v) is 5.00. The Morgan fingerprint density at radius 2 is 2.25 bits per heavy atom. The molecule has 0 saturated heterocycles. The maximum Gasteiger partial charge on any atom is 0.407 e. The summed E-state index contributed by atoms with van der Waals surface area (Å²) in [5.41, 5.74) is 7.72. The second kappa shape index (κ2) is 5.07. The van der Waals surface area contributed by atoms with E-state index in [1.54, 1.807) is 0 Å². The van der Waals surface area contributed by atoms with Gasteiger partial charge in [-0.05, 0) is 45.1 Å². The van der Waals surface area contributed by atoms with Crippen molar-refractivity contribution in [3.63, 3.8) is 0 Å². The Kier molecular flexibility index (Phi) is 4.01. The van der Waals surface area contributed by atoms with E-state index in [0.717, 1.165) is 12.8 Å². The molecule has 1 rings (SSSR count). The van der Waals surface area contributed by atoms with Gasteiger partial charge in [0.15, 0.2) is 0 Å². The monoisotopic (exact) mass is 226 g/mol. The molecule has 0 aromatic carbocycles. The Labute approximate surface area is 95.0 Å². The summed E-state index contributed by atoms with van der Waals surface area (Å²) < 4.78 is 5.14. The van der Waals surface area contributed by atoms with E-state index in [2.05, 4.69) is 15.3 Å². The van der Waals surface area contributed by atoms with Crippen molar-refractivity contribution < 1.29 is 9.53 Å². The average Bonchev–Trinajstić information content (AvgIpc) is 2.10. The van der Waals surface area contributed by atoms with Gasteiger partial charge in [-0.25, -0.2) is 4.79 Å². The minimum atomic E-state index is -0.478. The molecule has 0 aromatic heterocycles.